The summed E-state index contributed by atoms with van der Waals surface area (Å²) in [6.45, 7) is 3.98. The van der Waals surface area contributed by atoms with Gasteiger partial charge in [0.2, 0.25) is 0 Å². The highest BCUT2D eigenvalue weighted by molar-refractivity contribution is 9.10. The Morgan fingerprint density at radius 3 is 2.47 bits per heavy atom. The minimum Gasteiger partial charge on any atom is -0.457 e. The lowest BCUT2D eigenvalue weighted by Crippen LogP contribution is -2.10. The van der Waals surface area contributed by atoms with Gasteiger partial charge in [-0.25, -0.2) is 0 Å². The molecule has 0 fully saturated rings. The molecule has 4 heteroatoms. The van der Waals surface area contributed by atoms with E-state index in [9.17, 15) is 0 Å². The molecular formula is C15H14BrNOS. The van der Waals surface area contributed by atoms with Crippen LogP contribution in [0.15, 0.2) is 40.9 Å². The molecule has 0 bridgehead atoms. The first-order valence-electron chi connectivity index (χ1n) is 5.82. The van der Waals surface area contributed by atoms with Gasteiger partial charge in [-0.05, 0) is 55.3 Å². The summed E-state index contributed by atoms with van der Waals surface area (Å²) >= 11 is 8.43. The lowest BCUT2D eigenvalue weighted by molar-refractivity contribution is 0.478. The third-order valence-corrected chi connectivity index (χ3v) is 3.55. The molecule has 0 aliphatic carbocycles. The zero-order valence-electron chi connectivity index (χ0n) is 10.7. The number of aryl methyl sites for hydroxylation is 2. The normalized spacial score (nSPS) is 10.3. The predicted molar refractivity (Wildman–Crippen MR) is 86.0 cm³/mol. The van der Waals surface area contributed by atoms with Crippen molar-refractivity contribution in [3.8, 4) is 11.5 Å². The van der Waals surface area contributed by atoms with E-state index in [2.05, 4.69) is 15.9 Å². The van der Waals surface area contributed by atoms with Gasteiger partial charge in [0.15, 0.2) is 0 Å². The number of nitrogens with two attached hydrogens (primary N) is 1. The van der Waals surface area contributed by atoms with Gasteiger partial charge in [-0.15, -0.1) is 0 Å². The third kappa shape index (κ3) is 3.33. The van der Waals surface area contributed by atoms with Crippen molar-refractivity contribution in [3.05, 3.63) is 57.6 Å². The van der Waals surface area contributed by atoms with Gasteiger partial charge in [0.1, 0.15) is 16.5 Å². The molecule has 2 nitrogen and oxygen atoms in total. The van der Waals surface area contributed by atoms with Gasteiger partial charge in [0.25, 0.3) is 0 Å². The second kappa shape index (κ2) is 5.72. The molecule has 19 heavy (non-hydrogen) atoms. The zero-order valence-corrected chi connectivity index (χ0v) is 13.1. The summed E-state index contributed by atoms with van der Waals surface area (Å²) in [5.74, 6) is 1.61. The van der Waals surface area contributed by atoms with Crippen LogP contribution in [-0.4, -0.2) is 4.99 Å². The first kappa shape index (κ1) is 14.0. The monoisotopic (exact) mass is 335 g/mol. The molecular weight excluding hydrogens is 322 g/mol. The Kier molecular flexibility index (Phi) is 4.22. The number of hydrogen-bond acceptors (Lipinski definition) is 2. The standard InChI is InChI=1S/C15H14BrNOS/c1-9-3-4-11(16)8-14(9)18-12-5-6-13(15(17)19)10(2)7-12/h3-8H,1-2H3,(H2,17,19). The number of hydrogen-bond donors (Lipinski definition) is 1. The Hall–Kier alpha value is -1.39. The molecule has 0 spiro atoms. The SMILES string of the molecule is Cc1ccc(Br)cc1Oc1ccc(C(N)=S)c(C)c1. The van der Waals surface area contributed by atoms with E-state index < -0.39 is 0 Å². The van der Waals surface area contributed by atoms with Gasteiger partial charge in [-0.3, -0.25) is 0 Å². The molecule has 2 N–H and O–H groups in total. The average Bonchev–Trinajstić information content (AvgIpc) is 2.33. The summed E-state index contributed by atoms with van der Waals surface area (Å²) in [5.41, 5.74) is 8.62. The molecule has 2 rings (SSSR count). The van der Waals surface area contributed by atoms with Gasteiger partial charge in [-0.1, -0.05) is 34.2 Å². The van der Waals surface area contributed by atoms with Crippen LogP contribution in [0.4, 0.5) is 0 Å². The van der Waals surface area contributed by atoms with E-state index in [0.29, 0.717) is 4.99 Å². The molecule has 0 saturated carbocycles. The topological polar surface area (TPSA) is 35.2 Å². The third-order valence-electron chi connectivity index (χ3n) is 2.84. The molecule has 0 heterocycles. The van der Waals surface area contributed by atoms with E-state index >= 15 is 0 Å². The van der Waals surface area contributed by atoms with Crippen LogP contribution in [0, 0.1) is 13.8 Å². The van der Waals surface area contributed by atoms with Crippen LogP contribution in [0.5, 0.6) is 11.5 Å². The summed E-state index contributed by atoms with van der Waals surface area (Å²) < 4.78 is 6.88. The van der Waals surface area contributed by atoms with E-state index in [4.69, 9.17) is 22.7 Å². The van der Waals surface area contributed by atoms with Crippen LogP contribution in [0.1, 0.15) is 16.7 Å². The van der Waals surface area contributed by atoms with Crippen molar-refractivity contribution in [1.29, 1.82) is 0 Å². The molecule has 0 unspecified atom stereocenters. The van der Waals surface area contributed by atoms with E-state index in [1.807, 2.05) is 50.2 Å². The molecule has 0 aliphatic heterocycles. The molecule has 0 radical (unpaired) electrons. The Morgan fingerprint density at radius 1 is 1.11 bits per heavy atom. The van der Waals surface area contributed by atoms with Crippen molar-refractivity contribution in [2.75, 3.05) is 0 Å². The number of thiocarbonyl (C=S) groups is 1. The second-order valence-electron chi connectivity index (χ2n) is 4.35. The van der Waals surface area contributed by atoms with Gasteiger partial charge in [0, 0.05) is 10.0 Å². The Balaban J connectivity index is 2.31. The summed E-state index contributed by atoms with van der Waals surface area (Å²) in [6.07, 6.45) is 0. The lowest BCUT2D eigenvalue weighted by Gasteiger charge is -2.11. The number of benzene rings is 2. The highest BCUT2D eigenvalue weighted by Crippen LogP contribution is 2.29. The minimum absolute atomic E-state index is 0.405. The van der Waals surface area contributed by atoms with Gasteiger partial charge < -0.3 is 10.5 Å². The van der Waals surface area contributed by atoms with Crippen molar-refractivity contribution in [1.82, 2.24) is 0 Å². The number of rotatable bonds is 3. The van der Waals surface area contributed by atoms with Gasteiger partial charge >= 0.3 is 0 Å². The van der Waals surface area contributed by atoms with Crippen LogP contribution in [-0.2, 0) is 0 Å². The van der Waals surface area contributed by atoms with Crippen molar-refractivity contribution < 1.29 is 4.74 Å². The predicted octanol–water partition coefficient (Wildman–Crippen LogP) is 4.49. The fraction of sp³-hybridized carbons (Fsp3) is 0.133. The Labute approximate surface area is 126 Å². The van der Waals surface area contributed by atoms with E-state index in [1.165, 1.54) is 0 Å². The van der Waals surface area contributed by atoms with Crippen molar-refractivity contribution >= 4 is 33.1 Å². The first-order chi connectivity index (χ1) is 8.97. The van der Waals surface area contributed by atoms with Gasteiger partial charge in [-0.2, -0.15) is 0 Å². The van der Waals surface area contributed by atoms with Crippen LogP contribution in [0.25, 0.3) is 0 Å². The van der Waals surface area contributed by atoms with E-state index in [0.717, 1.165) is 32.7 Å². The second-order valence-corrected chi connectivity index (χ2v) is 5.71. The van der Waals surface area contributed by atoms with Gasteiger partial charge in [0.05, 0.1) is 0 Å². The first-order valence-corrected chi connectivity index (χ1v) is 7.02. The smallest absolute Gasteiger partial charge is 0.131 e. The molecule has 0 aromatic heterocycles. The molecule has 2 aromatic carbocycles. The lowest BCUT2D eigenvalue weighted by atomic mass is 10.1. The van der Waals surface area contributed by atoms with Crippen molar-refractivity contribution in [2.24, 2.45) is 5.73 Å². The minimum atomic E-state index is 0.405. The maximum atomic E-state index is 5.89. The fourth-order valence-corrected chi connectivity index (χ4v) is 2.36. The van der Waals surface area contributed by atoms with Crippen LogP contribution >= 0.6 is 28.1 Å². The van der Waals surface area contributed by atoms with E-state index in [-0.39, 0.29) is 0 Å². The molecule has 0 aliphatic rings. The summed E-state index contributed by atoms with van der Waals surface area (Å²) in [6, 6.07) is 11.7. The summed E-state index contributed by atoms with van der Waals surface area (Å²) in [5, 5.41) is 0. The molecule has 0 amide bonds. The molecule has 0 saturated heterocycles. The van der Waals surface area contributed by atoms with Crippen molar-refractivity contribution in [3.63, 3.8) is 0 Å². The highest BCUT2D eigenvalue weighted by atomic mass is 79.9. The zero-order chi connectivity index (χ0) is 14.0. The van der Waals surface area contributed by atoms with Crippen LogP contribution in [0.2, 0.25) is 0 Å². The number of ether oxygens (including phenoxy) is 1. The molecule has 0 atom stereocenters. The maximum Gasteiger partial charge on any atom is 0.131 e. The quantitative estimate of drug-likeness (QED) is 0.839. The van der Waals surface area contributed by atoms with Crippen LogP contribution in [0.3, 0.4) is 0 Å². The maximum absolute atomic E-state index is 5.89. The number of halogens is 1. The highest BCUT2D eigenvalue weighted by Gasteiger charge is 2.06. The van der Waals surface area contributed by atoms with E-state index in [1.54, 1.807) is 0 Å². The fourth-order valence-electron chi connectivity index (χ4n) is 1.79. The Morgan fingerprint density at radius 2 is 1.84 bits per heavy atom. The summed E-state index contributed by atoms with van der Waals surface area (Å²) in [7, 11) is 0. The summed E-state index contributed by atoms with van der Waals surface area (Å²) in [4.78, 5) is 0.405. The largest absolute Gasteiger partial charge is 0.457 e. The van der Waals surface area contributed by atoms with Crippen molar-refractivity contribution in [2.45, 2.75) is 13.8 Å². The average molecular weight is 336 g/mol. The Bertz CT molecular complexity index is 640. The molecule has 2 aromatic rings. The van der Waals surface area contributed by atoms with Crippen LogP contribution < -0.4 is 10.5 Å². The molecule has 98 valence electrons.